The minimum atomic E-state index is 0.457. The molecule has 0 unspecified atom stereocenters. The molecule has 0 amide bonds. The number of aromatic amines is 1. The highest BCUT2D eigenvalue weighted by atomic mass is 16.3. The first-order chi connectivity index (χ1) is 7.88. The third-order valence-electron chi connectivity index (χ3n) is 2.39. The molecule has 78 valence electrons. The van der Waals surface area contributed by atoms with Gasteiger partial charge in [0.2, 0.25) is 0 Å². The Balaban J connectivity index is 2.21. The van der Waals surface area contributed by atoms with Crippen LogP contribution >= 0.6 is 0 Å². The molecule has 2 heterocycles. The summed E-state index contributed by atoms with van der Waals surface area (Å²) in [5.41, 5.74) is 3.36. The van der Waals surface area contributed by atoms with E-state index in [1.165, 1.54) is 12.7 Å². The smallest absolute Gasteiger partial charge is 0.181 e. The van der Waals surface area contributed by atoms with Crippen molar-refractivity contribution in [2.75, 3.05) is 0 Å². The van der Waals surface area contributed by atoms with Gasteiger partial charge in [-0.1, -0.05) is 6.07 Å². The Morgan fingerprint density at radius 2 is 2.25 bits per heavy atom. The third kappa shape index (κ3) is 1.22. The van der Waals surface area contributed by atoms with Gasteiger partial charge < -0.3 is 9.40 Å². The summed E-state index contributed by atoms with van der Waals surface area (Å²) in [7, 11) is 0. The van der Waals surface area contributed by atoms with Crippen LogP contribution < -0.4 is 0 Å². The number of nitrogens with zero attached hydrogens (tertiary/aromatic N) is 2. The molecule has 3 rings (SSSR count). The van der Waals surface area contributed by atoms with E-state index in [0.29, 0.717) is 17.0 Å². The molecule has 0 aliphatic carbocycles. The summed E-state index contributed by atoms with van der Waals surface area (Å²) in [6.45, 7) is 0. The molecule has 0 aliphatic rings. The molecule has 16 heavy (non-hydrogen) atoms. The van der Waals surface area contributed by atoms with Gasteiger partial charge in [0.05, 0.1) is 12.0 Å². The largest absolute Gasteiger partial charge is 0.443 e. The molecular formula is C11H7N3O2. The van der Waals surface area contributed by atoms with E-state index in [0.717, 1.165) is 17.4 Å². The average molecular weight is 213 g/mol. The van der Waals surface area contributed by atoms with E-state index in [1.807, 2.05) is 18.2 Å². The molecule has 0 fully saturated rings. The molecule has 5 heteroatoms. The number of fused-ring (bicyclic) bond motifs is 1. The maximum Gasteiger partial charge on any atom is 0.181 e. The van der Waals surface area contributed by atoms with Crippen LogP contribution in [0.15, 0.2) is 35.3 Å². The van der Waals surface area contributed by atoms with Gasteiger partial charge in [-0.3, -0.25) is 4.79 Å². The zero-order valence-corrected chi connectivity index (χ0v) is 8.18. The van der Waals surface area contributed by atoms with Gasteiger partial charge in [-0.15, -0.1) is 0 Å². The fourth-order valence-electron chi connectivity index (χ4n) is 1.63. The summed E-state index contributed by atoms with van der Waals surface area (Å²) in [5.74, 6) is 0. The second-order valence-electron chi connectivity index (χ2n) is 3.32. The monoisotopic (exact) mass is 213 g/mol. The number of hydrogen-bond donors (Lipinski definition) is 1. The Morgan fingerprint density at radius 1 is 1.31 bits per heavy atom. The Bertz CT molecular complexity index is 654. The Hall–Kier alpha value is -2.43. The lowest BCUT2D eigenvalue weighted by molar-refractivity contribution is 0.112. The first-order valence-corrected chi connectivity index (χ1v) is 4.70. The maximum atomic E-state index is 10.8. The van der Waals surface area contributed by atoms with Gasteiger partial charge in [0, 0.05) is 5.56 Å². The lowest BCUT2D eigenvalue weighted by atomic mass is 10.1. The van der Waals surface area contributed by atoms with Gasteiger partial charge in [-0.25, -0.2) is 9.97 Å². The highest BCUT2D eigenvalue weighted by Gasteiger charge is 2.09. The van der Waals surface area contributed by atoms with Gasteiger partial charge in [-0.05, 0) is 12.1 Å². The summed E-state index contributed by atoms with van der Waals surface area (Å²) in [4.78, 5) is 21.7. The fourth-order valence-corrected chi connectivity index (χ4v) is 1.63. The van der Waals surface area contributed by atoms with Gasteiger partial charge in [-0.2, -0.15) is 0 Å². The van der Waals surface area contributed by atoms with Crippen molar-refractivity contribution in [1.29, 1.82) is 0 Å². The van der Waals surface area contributed by atoms with Crippen LogP contribution in [0.4, 0.5) is 0 Å². The third-order valence-corrected chi connectivity index (χ3v) is 2.39. The molecule has 0 saturated heterocycles. The number of nitrogens with one attached hydrogen (secondary N) is 1. The van der Waals surface area contributed by atoms with Crippen molar-refractivity contribution in [3.63, 3.8) is 0 Å². The molecule has 0 saturated carbocycles. The van der Waals surface area contributed by atoms with Crippen LogP contribution in [0.1, 0.15) is 10.5 Å². The molecule has 3 aromatic rings. The number of aromatic nitrogens is 3. The van der Waals surface area contributed by atoms with Gasteiger partial charge in [0.15, 0.2) is 18.3 Å². The number of oxazole rings is 1. The van der Waals surface area contributed by atoms with Crippen LogP contribution in [0.2, 0.25) is 0 Å². The minimum absolute atomic E-state index is 0.457. The highest BCUT2D eigenvalue weighted by Crippen LogP contribution is 2.23. The van der Waals surface area contributed by atoms with E-state index in [4.69, 9.17) is 4.42 Å². The zero-order valence-electron chi connectivity index (χ0n) is 8.18. The number of imidazole rings is 1. The van der Waals surface area contributed by atoms with E-state index in [1.54, 1.807) is 0 Å². The Labute approximate surface area is 90.1 Å². The van der Waals surface area contributed by atoms with Crippen LogP contribution in [0.3, 0.4) is 0 Å². The highest BCUT2D eigenvalue weighted by molar-refractivity contribution is 5.86. The van der Waals surface area contributed by atoms with Crippen molar-refractivity contribution in [2.24, 2.45) is 0 Å². The molecule has 0 aliphatic heterocycles. The molecule has 2 aromatic heterocycles. The summed E-state index contributed by atoms with van der Waals surface area (Å²) in [6, 6.07) is 5.50. The van der Waals surface area contributed by atoms with Crippen molar-refractivity contribution in [3.05, 3.63) is 36.6 Å². The lowest BCUT2D eigenvalue weighted by Gasteiger charge is -1.97. The van der Waals surface area contributed by atoms with Gasteiger partial charge in [0.1, 0.15) is 11.2 Å². The number of H-pyrrole nitrogens is 1. The van der Waals surface area contributed by atoms with Crippen molar-refractivity contribution < 1.29 is 9.21 Å². The fraction of sp³-hybridized carbons (Fsp3) is 0. The van der Waals surface area contributed by atoms with Crippen LogP contribution in [-0.2, 0) is 0 Å². The summed E-state index contributed by atoms with van der Waals surface area (Å²) in [6.07, 6.45) is 3.62. The SMILES string of the molecule is O=Cc1[nH]cnc1-c1ccc2ncoc2c1. The van der Waals surface area contributed by atoms with Gasteiger partial charge in [0.25, 0.3) is 0 Å². The van der Waals surface area contributed by atoms with Crippen LogP contribution in [0.25, 0.3) is 22.4 Å². The predicted octanol–water partition coefficient (Wildman–Crippen LogP) is 2.03. The first-order valence-electron chi connectivity index (χ1n) is 4.70. The summed E-state index contributed by atoms with van der Waals surface area (Å²) in [5, 5.41) is 0. The second-order valence-corrected chi connectivity index (χ2v) is 3.32. The first kappa shape index (κ1) is 8.84. The van der Waals surface area contributed by atoms with Crippen molar-refractivity contribution in [1.82, 2.24) is 15.0 Å². The van der Waals surface area contributed by atoms with Crippen LogP contribution in [0, 0.1) is 0 Å². The molecule has 0 atom stereocenters. The normalized spacial score (nSPS) is 10.8. The molecule has 0 spiro atoms. The summed E-state index contributed by atoms with van der Waals surface area (Å²) >= 11 is 0. The van der Waals surface area contributed by atoms with E-state index in [2.05, 4.69) is 15.0 Å². The van der Waals surface area contributed by atoms with E-state index < -0.39 is 0 Å². The van der Waals surface area contributed by atoms with Crippen molar-refractivity contribution in [3.8, 4) is 11.3 Å². The van der Waals surface area contributed by atoms with Gasteiger partial charge >= 0.3 is 0 Å². The number of rotatable bonds is 2. The zero-order chi connectivity index (χ0) is 11.0. The second kappa shape index (κ2) is 3.30. The number of aldehydes is 1. The number of hydrogen-bond acceptors (Lipinski definition) is 4. The lowest BCUT2D eigenvalue weighted by Crippen LogP contribution is -1.85. The Morgan fingerprint density at radius 3 is 3.12 bits per heavy atom. The molecular weight excluding hydrogens is 206 g/mol. The molecule has 0 radical (unpaired) electrons. The van der Waals surface area contributed by atoms with Crippen LogP contribution in [0.5, 0.6) is 0 Å². The van der Waals surface area contributed by atoms with E-state index in [9.17, 15) is 4.79 Å². The van der Waals surface area contributed by atoms with Crippen LogP contribution in [-0.4, -0.2) is 21.2 Å². The Kier molecular flexibility index (Phi) is 1.83. The maximum absolute atomic E-state index is 10.8. The molecule has 1 N–H and O–H groups in total. The molecule has 5 nitrogen and oxygen atoms in total. The minimum Gasteiger partial charge on any atom is -0.443 e. The average Bonchev–Trinajstić information content (AvgIpc) is 2.96. The molecule has 1 aromatic carbocycles. The predicted molar refractivity (Wildman–Crippen MR) is 57.0 cm³/mol. The number of benzene rings is 1. The molecule has 0 bridgehead atoms. The number of carbonyl (C=O) groups excluding carboxylic acids is 1. The van der Waals surface area contributed by atoms with E-state index >= 15 is 0 Å². The quantitative estimate of drug-likeness (QED) is 0.661. The standard InChI is InChI=1S/C11H7N3O2/c15-4-9-11(13-5-12-9)7-1-2-8-10(3-7)16-6-14-8/h1-6H,(H,12,13). The van der Waals surface area contributed by atoms with Crippen molar-refractivity contribution in [2.45, 2.75) is 0 Å². The van der Waals surface area contributed by atoms with E-state index in [-0.39, 0.29) is 0 Å². The summed E-state index contributed by atoms with van der Waals surface area (Å²) < 4.78 is 5.19. The van der Waals surface area contributed by atoms with Crippen molar-refractivity contribution >= 4 is 17.4 Å². The number of carbonyl (C=O) groups is 1. The topological polar surface area (TPSA) is 71.8 Å².